The minimum absolute atomic E-state index is 0.201. The number of hydrogen-bond donors (Lipinski definition) is 1. The maximum absolute atomic E-state index is 10.8. The van der Waals surface area contributed by atoms with Gasteiger partial charge in [0, 0.05) is 6.04 Å². The first kappa shape index (κ1) is 12.5. The highest BCUT2D eigenvalue weighted by Gasteiger charge is 2.25. The van der Waals surface area contributed by atoms with E-state index in [1.54, 1.807) is 0 Å². The summed E-state index contributed by atoms with van der Waals surface area (Å²) in [6.45, 7) is 6.29. The molecule has 88 valence electrons. The van der Waals surface area contributed by atoms with Crippen LogP contribution in [0.15, 0.2) is 0 Å². The summed E-state index contributed by atoms with van der Waals surface area (Å²) in [6.07, 6.45) is 5.69. The van der Waals surface area contributed by atoms with Crippen LogP contribution in [0.1, 0.15) is 46.0 Å². The van der Waals surface area contributed by atoms with Crippen LogP contribution < -0.4 is 0 Å². The second-order valence-corrected chi connectivity index (χ2v) is 4.66. The van der Waals surface area contributed by atoms with Gasteiger partial charge in [0.05, 0.1) is 5.92 Å². The van der Waals surface area contributed by atoms with Gasteiger partial charge in [0.25, 0.3) is 0 Å². The molecule has 2 unspecified atom stereocenters. The Labute approximate surface area is 92.5 Å². The molecule has 2 atom stereocenters. The molecule has 1 N–H and O–H groups in total. The second-order valence-electron chi connectivity index (χ2n) is 4.66. The van der Waals surface area contributed by atoms with Gasteiger partial charge < -0.3 is 10.0 Å². The maximum Gasteiger partial charge on any atom is 0.306 e. The molecule has 0 aromatic rings. The molecule has 0 aromatic carbocycles. The highest BCUT2D eigenvalue weighted by molar-refractivity contribution is 5.69. The topological polar surface area (TPSA) is 40.5 Å². The Morgan fingerprint density at radius 2 is 2.27 bits per heavy atom. The Kier molecular flexibility index (Phi) is 5.09. The van der Waals surface area contributed by atoms with Gasteiger partial charge in [-0.15, -0.1) is 0 Å². The van der Waals surface area contributed by atoms with E-state index in [2.05, 4.69) is 11.8 Å². The number of likely N-dealkylation sites (tertiary alicyclic amines) is 1. The van der Waals surface area contributed by atoms with Gasteiger partial charge in [0.1, 0.15) is 0 Å². The van der Waals surface area contributed by atoms with Crippen molar-refractivity contribution in [3.05, 3.63) is 0 Å². The normalized spacial score (nSPS) is 25.1. The number of carboxylic acids is 1. The number of aliphatic carboxylic acids is 1. The van der Waals surface area contributed by atoms with Crippen LogP contribution in [0.4, 0.5) is 0 Å². The fourth-order valence-corrected chi connectivity index (χ4v) is 2.42. The Morgan fingerprint density at radius 3 is 2.87 bits per heavy atom. The summed E-state index contributed by atoms with van der Waals surface area (Å²) >= 11 is 0. The smallest absolute Gasteiger partial charge is 0.306 e. The molecule has 3 heteroatoms. The van der Waals surface area contributed by atoms with Gasteiger partial charge >= 0.3 is 5.97 Å². The molecule has 0 bridgehead atoms. The third-order valence-corrected chi connectivity index (χ3v) is 3.31. The van der Waals surface area contributed by atoms with Crippen molar-refractivity contribution < 1.29 is 9.90 Å². The van der Waals surface area contributed by atoms with Gasteiger partial charge in [-0.05, 0) is 38.8 Å². The molecule has 0 spiro atoms. The average Bonchev–Trinajstić information content (AvgIpc) is 2.21. The van der Waals surface area contributed by atoms with E-state index in [4.69, 9.17) is 5.11 Å². The van der Waals surface area contributed by atoms with E-state index >= 15 is 0 Å². The van der Waals surface area contributed by atoms with Crippen molar-refractivity contribution in [2.24, 2.45) is 5.92 Å². The third kappa shape index (κ3) is 3.82. The maximum atomic E-state index is 10.8. The predicted molar refractivity (Wildman–Crippen MR) is 60.9 cm³/mol. The van der Waals surface area contributed by atoms with Crippen molar-refractivity contribution in [2.75, 3.05) is 13.1 Å². The molecule has 1 fully saturated rings. The first-order valence-corrected chi connectivity index (χ1v) is 6.12. The molecule has 0 amide bonds. The van der Waals surface area contributed by atoms with Crippen LogP contribution in [0, 0.1) is 5.92 Å². The monoisotopic (exact) mass is 213 g/mol. The summed E-state index contributed by atoms with van der Waals surface area (Å²) in [5.74, 6) is -0.857. The minimum atomic E-state index is -0.656. The number of rotatable bonds is 5. The number of hydrogen-bond acceptors (Lipinski definition) is 2. The fraction of sp³-hybridized carbons (Fsp3) is 0.917. The van der Waals surface area contributed by atoms with Crippen LogP contribution in [-0.4, -0.2) is 35.1 Å². The quantitative estimate of drug-likeness (QED) is 0.762. The molecule has 0 aromatic heterocycles. The Hall–Kier alpha value is -0.570. The van der Waals surface area contributed by atoms with Crippen molar-refractivity contribution in [2.45, 2.75) is 52.0 Å². The van der Waals surface area contributed by atoms with Gasteiger partial charge in [-0.3, -0.25) is 4.79 Å². The van der Waals surface area contributed by atoms with E-state index in [0.29, 0.717) is 6.04 Å². The molecule has 3 nitrogen and oxygen atoms in total. The Bertz CT molecular complexity index is 204. The molecule has 1 rings (SSSR count). The average molecular weight is 213 g/mol. The van der Waals surface area contributed by atoms with E-state index in [1.165, 1.54) is 19.3 Å². The molecule has 1 aliphatic rings. The fourth-order valence-electron chi connectivity index (χ4n) is 2.42. The van der Waals surface area contributed by atoms with Crippen molar-refractivity contribution in [3.63, 3.8) is 0 Å². The lowest BCUT2D eigenvalue weighted by Gasteiger charge is -2.36. The van der Waals surface area contributed by atoms with Crippen molar-refractivity contribution >= 4 is 5.97 Å². The highest BCUT2D eigenvalue weighted by atomic mass is 16.4. The molecule has 15 heavy (non-hydrogen) atoms. The van der Waals surface area contributed by atoms with Crippen LogP contribution in [0.2, 0.25) is 0 Å². The van der Waals surface area contributed by atoms with Crippen molar-refractivity contribution in [3.8, 4) is 0 Å². The predicted octanol–water partition coefficient (Wildman–Crippen LogP) is 2.36. The van der Waals surface area contributed by atoms with E-state index in [0.717, 1.165) is 25.9 Å². The molecule has 0 aliphatic carbocycles. The van der Waals surface area contributed by atoms with E-state index in [-0.39, 0.29) is 5.92 Å². The largest absolute Gasteiger partial charge is 0.481 e. The zero-order chi connectivity index (χ0) is 11.3. The lowest BCUT2D eigenvalue weighted by Crippen LogP contribution is -2.41. The first-order chi connectivity index (χ1) is 7.15. The van der Waals surface area contributed by atoms with Crippen LogP contribution in [0.5, 0.6) is 0 Å². The van der Waals surface area contributed by atoms with E-state index in [9.17, 15) is 4.79 Å². The summed E-state index contributed by atoms with van der Waals surface area (Å²) in [7, 11) is 0. The van der Waals surface area contributed by atoms with Crippen LogP contribution in [0.25, 0.3) is 0 Å². The highest BCUT2D eigenvalue weighted by Crippen LogP contribution is 2.23. The standard InChI is InChI=1S/C12H23NO2/c1-3-7-13-8-5-4-6-11(13)9-10(2)12(14)15/h10-11H,3-9H2,1-2H3,(H,14,15). The third-order valence-electron chi connectivity index (χ3n) is 3.31. The summed E-state index contributed by atoms with van der Waals surface area (Å²) in [6, 6.07) is 0.504. The Morgan fingerprint density at radius 1 is 1.53 bits per heavy atom. The Balaban J connectivity index is 2.45. The van der Waals surface area contributed by atoms with Gasteiger partial charge in [-0.25, -0.2) is 0 Å². The number of carboxylic acid groups (broad SMARTS) is 1. The summed E-state index contributed by atoms with van der Waals surface area (Å²) in [5.41, 5.74) is 0. The van der Waals surface area contributed by atoms with Crippen LogP contribution in [-0.2, 0) is 4.79 Å². The lowest BCUT2D eigenvalue weighted by atomic mass is 9.93. The molecular formula is C12H23NO2. The van der Waals surface area contributed by atoms with Gasteiger partial charge in [-0.2, -0.15) is 0 Å². The first-order valence-electron chi connectivity index (χ1n) is 6.12. The van der Waals surface area contributed by atoms with E-state index in [1.807, 2.05) is 6.92 Å². The number of carbonyl (C=O) groups is 1. The van der Waals surface area contributed by atoms with E-state index < -0.39 is 5.97 Å². The molecule has 1 aliphatic heterocycles. The minimum Gasteiger partial charge on any atom is -0.481 e. The molecular weight excluding hydrogens is 190 g/mol. The second kappa shape index (κ2) is 6.11. The zero-order valence-electron chi connectivity index (χ0n) is 9.91. The van der Waals surface area contributed by atoms with Crippen molar-refractivity contribution in [1.82, 2.24) is 4.90 Å². The molecule has 0 saturated carbocycles. The van der Waals surface area contributed by atoms with Crippen LogP contribution in [0.3, 0.4) is 0 Å². The number of nitrogens with zero attached hydrogens (tertiary/aromatic N) is 1. The summed E-state index contributed by atoms with van der Waals surface area (Å²) < 4.78 is 0. The zero-order valence-corrected chi connectivity index (χ0v) is 9.91. The van der Waals surface area contributed by atoms with Gasteiger partial charge in [0.15, 0.2) is 0 Å². The summed E-state index contributed by atoms with van der Waals surface area (Å²) in [4.78, 5) is 13.3. The van der Waals surface area contributed by atoms with Crippen LogP contribution >= 0.6 is 0 Å². The molecule has 1 heterocycles. The molecule has 1 saturated heterocycles. The van der Waals surface area contributed by atoms with Gasteiger partial charge in [-0.1, -0.05) is 20.3 Å². The van der Waals surface area contributed by atoms with Gasteiger partial charge in [0.2, 0.25) is 0 Å². The summed E-state index contributed by atoms with van der Waals surface area (Å²) in [5, 5.41) is 8.91. The number of piperidine rings is 1. The van der Waals surface area contributed by atoms with Crippen molar-refractivity contribution in [1.29, 1.82) is 0 Å². The SMILES string of the molecule is CCCN1CCCCC1CC(C)C(=O)O. The molecule has 0 radical (unpaired) electrons. The lowest BCUT2D eigenvalue weighted by molar-refractivity contribution is -0.141.